The summed E-state index contributed by atoms with van der Waals surface area (Å²) >= 11 is 0. The van der Waals surface area contributed by atoms with Gasteiger partial charge in [0, 0.05) is 38.4 Å². The van der Waals surface area contributed by atoms with Crippen LogP contribution in [0.15, 0.2) is 223 Å². The van der Waals surface area contributed by atoms with Crippen molar-refractivity contribution in [2.75, 3.05) is 0 Å². The van der Waals surface area contributed by atoms with Gasteiger partial charge in [-0.1, -0.05) is 176 Å². The number of hydrogen-bond acceptors (Lipinski definition) is 4. The van der Waals surface area contributed by atoms with Gasteiger partial charge in [0.1, 0.15) is 11.2 Å². The Morgan fingerprint density at radius 1 is 0.359 bits per heavy atom. The van der Waals surface area contributed by atoms with Crippen molar-refractivity contribution in [3.05, 3.63) is 218 Å². The first-order valence-corrected chi connectivity index (χ1v) is 21.3. The summed E-state index contributed by atoms with van der Waals surface area (Å²) in [6, 6.07) is 63.9. The molecular weight excluding hydrogens is 781 g/mol. The molecule has 298 valence electrons. The summed E-state index contributed by atoms with van der Waals surface area (Å²) in [6.07, 6.45) is 0. The molecule has 0 aliphatic heterocycles. The first-order chi connectivity index (χ1) is 33.4. The quantitative estimate of drug-likeness (QED) is 0.157. The molecule has 0 atom stereocenters. The van der Waals surface area contributed by atoms with Crippen molar-refractivity contribution in [1.82, 2.24) is 19.5 Å². The van der Waals surface area contributed by atoms with Gasteiger partial charge in [-0.2, -0.15) is 0 Å². The topological polar surface area (TPSA) is 56.7 Å². The van der Waals surface area contributed by atoms with Gasteiger partial charge >= 0.3 is 0 Å². The smallest absolute Gasteiger partial charge is 0.167 e. The van der Waals surface area contributed by atoms with Crippen molar-refractivity contribution in [3.8, 4) is 62.1 Å². The van der Waals surface area contributed by atoms with E-state index in [0.29, 0.717) is 33.7 Å². The number of benzene rings is 10. The summed E-state index contributed by atoms with van der Waals surface area (Å²) in [6.45, 7) is 0. The Morgan fingerprint density at radius 3 is 1.64 bits per heavy atom. The fourth-order valence-electron chi connectivity index (χ4n) is 9.31. The number of nitrogens with zero attached hydrogens (tertiary/aromatic N) is 4. The monoisotopic (exact) mass is 820 g/mol. The van der Waals surface area contributed by atoms with Crippen molar-refractivity contribution >= 4 is 65.3 Å². The molecule has 0 saturated heterocycles. The van der Waals surface area contributed by atoms with E-state index in [9.17, 15) is 5.48 Å². The van der Waals surface area contributed by atoms with Crippen LogP contribution in [0.2, 0.25) is 0 Å². The van der Waals surface area contributed by atoms with Crippen molar-refractivity contribution in [2.24, 2.45) is 0 Å². The third kappa shape index (κ3) is 5.83. The Hall–Kier alpha value is -8.67. The molecule has 0 radical (unpaired) electrons. The van der Waals surface area contributed by atoms with E-state index in [4.69, 9.17) is 19.4 Å². The third-order valence-electron chi connectivity index (χ3n) is 12.3. The standard InChI is InChI=1S/C59H36N4O/c1-3-15-37(16-4-1)41-31-32-49-51-35-43(63-53-25-13-11-23-47(53)48-24-12-14-26-54(48)63)36-52(56(51)64-55(49)34-41)59-61-57(39-17-5-2-6-18-39)60-58(62-59)40-29-27-38(28-30-40)50-33-42-19-7-8-20-44(42)45-21-9-10-22-46(45)50/h1-36H/i27D,28D,29D,30D. The first-order valence-electron chi connectivity index (χ1n) is 23.3. The average molecular weight is 821 g/mol. The molecular formula is C59H36N4O. The van der Waals surface area contributed by atoms with Crippen LogP contribution in [-0.4, -0.2) is 19.5 Å². The Morgan fingerprint density at radius 2 is 0.922 bits per heavy atom. The van der Waals surface area contributed by atoms with Crippen LogP contribution in [0.25, 0.3) is 127 Å². The molecule has 3 aromatic heterocycles. The van der Waals surface area contributed by atoms with Crippen LogP contribution in [0.1, 0.15) is 5.48 Å². The van der Waals surface area contributed by atoms with E-state index in [-0.39, 0.29) is 46.9 Å². The lowest BCUT2D eigenvalue weighted by molar-refractivity contribution is 0.669. The fourth-order valence-corrected chi connectivity index (χ4v) is 9.31. The number of aromatic nitrogens is 4. The zero-order valence-electron chi connectivity index (χ0n) is 38.2. The minimum absolute atomic E-state index is 0.0127. The normalized spacial score (nSPS) is 12.6. The van der Waals surface area contributed by atoms with Gasteiger partial charge in [-0.25, -0.2) is 15.0 Å². The van der Waals surface area contributed by atoms with Crippen LogP contribution in [0, 0.1) is 0 Å². The summed E-state index contributed by atoms with van der Waals surface area (Å²) in [5.74, 6) is 0.578. The first kappa shape index (κ1) is 32.1. The SMILES string of the molecule is [2H]c1c([2H])c(-c2cc3ccccc3c3ccccc23)c([2H])c([2H])c1-c1nc(-c2ccccc2)nc(-c2cc(-n3c4ccccc4c4ccccc43)cc3c2oc2cc(-c4ccccc4)ccc23)n1. The van der Waals surface area contributed by atoms with Gasteiger partial charge < -0.3 is 8.98 Å². The minimum atomic E-state index is -0.254. The maximum absolute atomic E-state index is 9.65. The lowest BCUT2D eigenvalue weighted by Gasteiger charge is -2.13. The molecule has 13 aromatic rings. The molecule has 0 unspecified atom stereocenters. The van der Waals surface area contributed by atoms with Gasteiger partial charge in [0.25, 0.3) is 0 Å². The molecule has 10 aromatic carbocycles. The van der Waals surface area contributed by atoms with E-state index in [0.717, 1.165) is 70.9 Å². The molecule has 0 aliphatic rings. The Balaban J connectivity index is 1.09. The number of hydrogen-bond donors (Lipinski definition) is 0. The van der Waals surface area contributed by atoms with Crippen LogP contribution in [0.4, 0.5) is 0 Å². The lowest BCUT2D eigenvalue weighted by atomic mass is 9.93. The average Bonchev–Trinajstić information content (AvgIpc) is 3.94. The number of rotatable bonds is 6. The number of para-hydroxylation sites is 2. The van der Waals surface area contributed by atoms with Gasteiger partial charge in [-0.05, 0) is 86.3 Å². The molecule has 3 heterocycles. The zero-order chi connectivity index (χ0) is 45.6. The van der Waals surface area contributed by atoms with E-state index < -0.39 is 0 Å². The van der Waals surface area contributed by atoms with Gasteiger partial charge in [-0.15, -0.1) is 0 Å². The highest BCUT2D eigenvalue weighted by Crippen LogP contribution is 2.42. The van der Waals surface area contributed by atoms with Crippen molar-refractivity contribution in [3.63, 3.8) is 0 Å². The Kier molecular flexibility index (Phi) is 7.26. The number of furan rings is 1. The summed E-state index contributed by atoms with van der Waals surface area (Å²) in [5.41, 5.74) is 8.32. The zero-order valence-corrected chi connectivity index (χ0v) is 34.2. The predicted molar refractivity (Wildman–Crippen MR) is 264 cm³/mol. The van der Waals surface area contributed by atoms with E-state index in [2.05, 4.69) is 83.4 Å². The fraction of sp³-hybridized carbons (Fsp3) is 0. The van der Waals surface area contributed by atoms with Gasteiger partial charge in [0.15, 0.2) is 17.5 Å². The van der Waals surface area contributed by atoms with Crippen LogP contribution in [0.3, 0.4) is 0 Å². The number of fused-ring (bicyclic) bond motifs is 9. The molecule has 0 spiro atoms. The maximum Gasteiger partial charge on any atom is 0.167 e. The van der Waals surface area contributed by atoms with Crippen LogP contribution in [-0.2, 0) is 0 Å². The van der Waals surface area contributed by atoms with Crippen LogP contribution in [0.5, 0.6) is 0 Å². The molecule has 0 bridgehead atoms. The van der Waals surface area contributed by atoms with Crippen LogP contribution >= 0.6 is 0 Å². The lowest BCUT2D eigenvalue weighted by Crippen LogP contribution is -2.01. The van der Waals surface area contributed by atoms with Gasteiger partial charge in [-0.3, -0.25) is 0 Å². The molecule has 13 rings (SSSR count). The highest BCUT2D eigenvalue weighted by molar-refractivity contribution is 6.15. The van der Waals surface area contributed by atoms with E-state index in [1.54, 1.807) is 0 Å². The highest BCUT2D eigenvalue weighted by Gasteiger charge is 2.22. The summed E-state index contributed by atoms with van der Waals surface area (Å²) in [5, 5.41) is 7.79. The second kappa shape index (κ2) is 14.5. The maximum atomic E-state index is 9.65. The van der Waals surface area contributed by atoms with Crippen molar-refractivity contribution in [2.45, 2.75) is 0 Å². The molecule has 0 aliphatic carbocycles. The van der Waals surface area contributed by atoms with Gasteiger partial charge in [0.05, 0.1) is 22.1 Å². The predicted octanol–water partition coefficient (Wildman–Crippen LogP) is 15.5. The Labute approximate surface area is 373 Å². The summed E-state index contributed by atoms with van der Waals surface area (Å²) in [4.78, 5) is 15.2. The van der Waals surface area contributed by atoms with Crippen molar-refractivity contribution in [1.29, 1.82) is 0 Å². The largest absolute Gasteiger partial charge is 0.455 e. The summed E-state index contributed by atoms with van der Waals surface area (Å²) in [7, 11) is 0. The molecule has 5 heteroatoms. The van der Waals surface area contributed by atoms with E-state index >= 15 is 0 Å². The van der Waals surface area contributed by atoms with Crippen molar-refractivity contribution < 1.29 is 9.90 Å². The van der Waals surface area contributed by atoms with Gasteiger partial charge in [0.2, 0.25) is 0 Å². The molecule has 5 nitrogen and oxygen atoms in total. The molecule has 0 N–H and O–H groups in total. The molecule has 0 fully saturated rings. The second-order valence-electron chi connectivity index (χ2n) is 16.0. The third-order valence-corrected chi connectivity index (χ3v) is 12.3. The van der Waals surface area contributed by atoms with Crippen LogP contribution < -0.4 is 0 Å². The van der Waals surface area contributed by atoms with E-state index in [1.165, 1.54) is 0 Å². The van der Waals surface area contributed by atoms with E-state index in [1.807, 2.05) is 115 Å². The second-order valence-corrected chi connectivity index (χ2v) is 16.0. The molecule has 64 heavy (non-hydrogen) atoms. The summed E-state index contributed by atoms with van der Waals surface area (Å²) < 4.78 is 47.6. The Bertz CT molecular complexity index is 4120. The minimum Gasteiger partial charge on any atom is -0.455 e. The molecule has 0 amide bonds. The molecule has 0 saturated carbocycles. The highest BCUT2D eigenvalue weighted by atomic mass is 16.3.